The summed E-state index contributed by atoms with van der Waals surface area (Å²) in [5.74, 6) is 2.91. The molecule has 0 fully saturated rings. The number of hydrogen-bond donors (Lipinski definition) is 1. The van der Waals surface area contributed by atoms with Crippen LogP contribution in [0.2, 0.25) is 0 Å². The Morgan fingerprint density at radius 1 is 0.957 bits per heavy atom. The van der Waals surface area contributed by atoms with Crippen molar-refractivity contribution >= 4 is 5.69 Å². The van der Waals surface area contributed by atoms with Crippen molar-refractivity contribution in [3.63, 3.8) is 0 Å². The molecule has 0 heterocycles. The Morgan fingerprint density at radius 3 is 1.96 bits per heavy atom. The second-order valence-corrected chi connectivity index (χ2v) is 6.02. The van der Waals surface area contributed by atoms with Gasteiger partial charge < -0.3 is 5.73 Å². The summed E-state index contributed by atoms with van der Waals surface area (Å²) in [4.78, 5) is 0. The van der Waals surface area contributed by atoms with Crippen molar-refractivity contribution in [3.8, 4) is 12.3 Å². The summed E-state index contributed by atoms with van der Waals surface area (Å²) >= 11 is 0. The third-order valence-corrected chi connectivity index (χ3v) is 3.75. The van der Waals surface area contributed by atoms with Gasteiger partial charge in [0.1, 0.15) is 0 Å². The Kier molecular flexibility index (Phi) is 5.44. The third kappa shape index (κ3) is 4.37. The molecule has 0 saturated carbocycles. The maximum absolute atomic E-state index is 5.83. The minimum Gasteiger partial charge on any atom is -0.399 e. The van der Waals surface area contributed by atoms with Crippen LogP contribution < -0.4 is 5.73 Å². The number of aryl methyl sites for hydroxylation is 1. The minimum atomic E-state index is 0.0387. The van der Waals surface area contributed by atoms with Gasteiger partial charge in [-0.3, -0.25) is 0 Å². The molecular weight excluding hydrogens is 278 g/mol. The lowest BCUT2D eigenvalue weighted by molar-refractivity contribution is 0.985. The van der Waals surface area contributed by atoms with Crippen molar-refractivity contribution in [2.75, 3.05) is 5.73 Å². The molecule has 1 unspecified atom stereocenters. The van der Waals surface area contributed by atoms with E-state index in [2.05, 4.69) is 57.0 Å². The molecule has 0 aromatic heterocycles. The number of nitrogens with two attached hydrogens (primary N) is 1. The van der Waals surface area contributed by atoms with Gasteiger partial charge in [-0.2, -0.15) is 0 Å². The maximum Gasteiger partial charge on any atom is 0.0419 e. The third-order valence-electron chi connectivity index (χ3n) is 3.75. The zero-order chi connectivity index (χ0) is 16.8. The Balaban J connectivity index is 2.57. The van der Waals surface area contributed by atoms with Gasteiger partial charge in [0.2, 0.25) is 0 Å². The van der Waals surface area contributed by atoms with E-state index in [0.717, 1.165) is 16.8 Å². The Morgan fingerprint density at radius 2 is 1.48 bits per heavy atom. The van der Waals surface area contributed by atoms with Gasteiger partial charge in [0.15, 0.2) is 0 Å². The molecule has 0 radical (unpaired) electrons. The van der Waals surface area contributed by atoms with Crippen LogP contribution >= 0.6 is 0 Å². The molecule has 0 saturated heterocycles. The van der Waals surface area contributed by atoms with Gasteiger partial charge in [-0.1, -0.05) is 59.5 Å². The fourth-order valence-corrected chi connectivity index (χ4v) is 2.48. The molecule has 0 bridgehead atoms. The number of benzene rings is 2. The molecule has 0 amide bonds. The van der Waals surface area contributed by atoms with Crippen molar-refractivity contribution in [2.45, 2.75) is 26.7 Å². The van der Waals surface area contributed by atoms with E-state index in [1.54, 1.807) is 0 Å². The van der Waals surface area contributed by atoms with Crippen LogP contribution in [0.3, 0.4) is 0 Å². The fourth-order valence-electron chi connectivity index (χ4n) is 2.48. The lowest BCUT2D eigenvalue weighted by atomic mass is 9.84. The largest absolute Gasteiger partial charge is 0.399 e. The highest BCUT2D eigenvalue weighted by atomic mass is 14.5. The number of nitrogen functional groups attached to an aromatic ring is 1. The second-order valence-electron chi connectivity index (χ2n) is 6.02. The van der Waals surface area contributed by atoms with E-state index in [4.69, 9.17) is 12.2 Å². The van der Waals surface area contributed by atoms with Crippen LogP contribution in [0.4, 0.5) is 5.69 Å². The molecule has 2 rings (SSSR count). The average molecular weight is 301 g/mol. The molecule has 1 heteroatoms. The van der Waals surface area contributed by atoms with E-state index in [1.165, 1.54) is 16.7 Å². The lowest BCUT2D eigenvalue weighted by Gasteiger charge is -2.19. The first-order valence-electron chi connectivity index (χ1n) is 7.75. The van der Waals surface area contributed by atoms with Crippen LogP contribution in [-0.2, 0) is 0 Å². The Bertz CT molecular complexity index is 704. The Hall–Kier alpha value is -2.72. The van der Waals surface area contributed by atoms with Crippen LogP contribution in [0.25, 0.3) is 0 Å². The average Bonchev–Trinajstić information content (AvgIpc) is 2.54. The number of rotatable bonds is 4. The smallest absolute Gasteiger partial charge is 0.0419 e. The normalized spacial score (nSPS) is 12.3. The predicted molar refractivity (Wildman–Crippen MR) is 100 cm³/mol. The first-order chi connectivity index (χ1) is 11.0. The van der Waals surface area contributed by atoms with Crippen molar-refractivity contribution in [2.24, 2.45) is 0 Å². The molecule has 1 nitrogen and oxygen atoms in total. The fraction of sp³-hybridized carbons (Fsp3) is 0.182. The zero-order valence-corrected chi connectivity index (χ0v) is 14.0. The van der Waals surface area contributed by atoms with Crippen molar-refractivity contribution in [1.29, 1.82) is 0 Å². The molecular formula is C22H23N. The number of terminal acetylenes is 1. The van der Waals surface area contributed by atoms with Gasteiger partial charge in [0, 0.05) is 17.2 Å². The molecule has 2 aromatic carbocycles. The molecule has 1 atom stereocenters. The van der Waals surface area contributed by atoms with Gasteiger partial charge in [-0.15, -0.1) is 6.42 Å². The summed E-state index contributed by atoms with van der Waals surface area (Å²) in [6.07, 6.45) is 9.92. The molecule has 116 valence electrons. The molecule has 2 N–H and O–H groups in total. The minimum absolute atomic E-state index is 0.0387. The Labute approximate surface area is 139 Å². The monoisotopic (exact) mass is 301 g/mol. The van der Waals surface area contributed by atoms with Crippen LogP contribution in [0.15, 0.2) is 71.8 Å². The standard InChI is InChI=1S/C22H23N/c1-5-18(9-6-16(2)3)22(19-10-7-17(4)8-11-19)20-12-14-21(23)15-13-20/h1,6-15,22H,23H2,2-4H3/b18-9+. The van der Waals surface area contributed by atoms with E-state index in [1.807, 2.05) is 30.3 Å². The zero-order valence-electron chi connectivity index (χ0n) is 14.0. The molecule has 0 spiro atoms. The van der Waals surface area contributed by atoms with Crippen LogP contribution in [0.1, 0.15) is 36.5 Å². The first-order valence-corrected chi connectivity index (χ1v) is 7.75. The quantitative estimate of drug-likeness (QED) is 0.467. The molecule has 0 aliphatic rings. The number of hydrogen-bond acceptors (Lipinski definition) is 1. The van der Waals surface area contributed by atoms with Crippen LogP contribution in [0.5, 0.6) is 0 Å². The van der Waals surface area contributed by atoms with Gasteiger partial charge in [-0.25, -0.2) is 0 Å². The van der Waals surface area contributed by atoms with Crippen molar-refractivity contribution in [1.82, 2.24) is 0 Å². The highest BCUT2D eigenvalue weighted by molar-refractivity contribution is 5.51. The molecule has 0 aliphatic carbocycles. The van der Waals surface area contributed by atoms with Gasteiger partial charge >= 0.3 is 0 Å². The summed E-state index contributed by atoms with van der Waals surface area (Å²) in [7, 11) is 0. The van der Waals surface area contributed by atoms with Crippen LogP contribution in [0, 0.1) is 19.3 Å². The topological polar surface area (TPSA) is 26.0 Å². The molecule has 0 aliphatic heterocycles. The highest BCUT2D eigenvalue weighted by Gasteiger charge is 2.17. The maximum atomic E-state index is 5.83. The number of allylic oxidation sites excluding steroid dienone is 4. The van der Waals surface area contributed by atoms with Gasteiger partial charge in [0.05, 0.1) is 0 Å². The van der Waals surface area contributed by atoms with Crippen molar-refractivity contribution < 1.29 is 0 Å². The van der Waals surface area contributed by atoms with Gasteiger partial charge in [-0.05, 0) is 50.1 Å². The van der Waals surface area contributed by atoms with Crippen LogP contribution in [-0.4, -0.2) is 0 Å². The summed E-state index contributed by atoms with van der Waals surface area (Å²) < 4.78 is 0. The first kappa shape index (κ1) is 16.6. The number of anilines is 1. The van der Waals surface area contributed by atoms with E-state index >= 15 is 0 Å². The van der Waals surface area contributed by atoms with E-state index in [9.17, 15) is 0 Å². The van der Waals surface area contributed by atoms with E-state index in [0.29, 0.717) is 0 Å². The summed E-state index contributed by atoms with van der Waals surface area (Å²) in [5.41, 5.74) is 12.3. The lowest BCUT2D eigenvalue weighted by Crippen LogP contribution is -2.04. The molecule has 23 heavy (non-hydrogen) atoms. The SMILES string of the molecule is C#C/C(=C\C=C(C)C)C(c1ccc(C)cc1)c1ccc(N)cc1. The van der Waals surface area contributed by atoms with E-state index in [-0.39, 0.29) is 5.92 Å². The molecule has 2 aromatic rings. The van der Waals surface area contributed by atoms with E-state index < -0.39 is 0 Å². The van der Waals surface area contributed by atoms with Gasteiger partial charge in [0.25, 0.3) is 0 Å². The summed E-state index contributed by atoms with van der Waals surface area (Å²) in [5, 5.41) is 0. The van der Waals surface area contributed by atoms with Crippen molar-refractivity contribution in [3.05, 3.63) is 88.5 Å². The predicted octanol–water partition coefficient (Wildman–Crippen LogP) is 5.23. The summed E-state index contributed by atoms with van der Waals surface area (Å²) in [6.45, 7) is 6.21. The highest BCUT2D eigenvalue weighted by Crippen LogP contribution is 2.32. The second kappa shape index (κ2) is 7.51. The summed E-state index contributed by atoms with van der Waals surface area (Å²) in [6, 6.07) is 16.5.